The molecule has 5 rings (SSSR count). The molecule has 0 bridgehead atoms. The van der Waals surface area contributed by atoms with Crippen molar-refractivity contribution in [2.45, 2.75) is 51.9 Å². The third kappa shape index (κ3) is 4.97. The molecule has 2 aliphatic rings. The summed E-state index contributed by atoms with van der Waals surface area (Å²) in [6, 6.07) is 7.97. The Hall–Kier alpha value is -3.17. The number of ether oxygens (including phenoxy) is 1. The normalized spacial score (nSPS) is 18.5. The van der Waals surface area contributed by atoms with E-state index < -0.39 is 6.10 Å². The highest BCUT2D eigenvalue weighted by Crippen LogP contribution is 2.27. The average molecular weight is 479 g/mol. The van der Waals surface area contributed by atoms with Gasteiger partial charge in [0.15, 0.2) is 5.69 Å². The number of aryl methyl sites for hydroxylation is 2. The molecule has 9 heteroatoms. The van der Waals surface area contributed by atoms with Crippen molar-refractivity contribution in [3.8, 4) is 5.75 Å². The average Bonchev–Trinajstić information content (AvgIpc) is 3.36. The van der Waals surface area contributed by atoms with Gasteiger partial charge in [-0.2, -0.15) is 10.2 Å². The summed E-state index contributed by atoms with van der Waals surface area (Å²) in [6.07, 6.45) is 3.98. The van der Waals surface area contributed by atoms with Crippen molar-refractivity contribution in [1.82, 2.24) is 29.4 Å². The maximum atomic E-state index is 13.6. The van der Waals surface area contributed by atoms with E-state index in [1.165, 1.54) is 5.56 Å². The number of aliphatic hydroxyl groups excluding tert-OH is 1. The van der Waals surface area contributed by atoms with Gasteiger partial charge >= 0.3 is 0 Å². The number of hydrogen-bond donors (Lipinski definition) is 1. The zero-order valence-corrected chi connectivity index (χ0v) is 20.8. The van der Waals surface area contributed by atoms with E-state index >= 15 is 0 Å². The van der Waals surface area contributed by atoms with Crippen LogP contribution in [0.1, 0.15) is 51.4 Å². The van der Waals surface area contributed by atoms with Crippen molar-refractivity contribution in [3.05, 3.63) is 64.2 Å². The van der Waals surface area contributed by atoms with E-state index in [1.807, 2.05) is 41.5 Å². The Labute approximate surface area is 205 Å². The van der Waals surface area contributed by atoms with Crippen molar-refractivity contribution in [1.29, 1.82) is 0 Å². The molecule has 2 aromatic heterocycles. The zero-order chi connectivity index (χ0) is 24.5. The molecule has 2 aliphatic heterocycles. The van der Waals surface area contributed by atoms with Gasteiger partial charge in [0.25, 0.3) is 5.91 Å². The number of carbonyl (C=O) groups excluding carboxylic acids is 1. The number of benzene rings is 1. The number of hydrogen-bond acceptors (Lipinski definition) is 6. The molecular weight excluding hydrogens is 444 g/mol. The van der Waals surface area contributed by atoms with Crippen LogP contribution in [0.3, 0.4) is 0 Å². The molecule has 1 fully saturated rings. The predicted molar refractivity (Wildman–Crippen MR) is 131 cm³/mol. The van der Waals surface area contributed by atoms with Gasteiger partial charge < -0.3 is 14.7 Å². The summed E-state index contributed by atoms with van der Waals surface area (Å²) < 4.78 is 9.23. The summed E-state index contributed by atoms with van der Waals surface area (Å²) in [5.41, 5.74) is 5.95. The van der Waals surface area contributed by atoms with Crippen LogP contribution < -0.4 is 4.74 Å². The van der Waals surface area contributed by atoms with Gasteiger partial charge in [-0.1, -0.05) is 12.1 Å². The van der Waals surface area contributed by atoms with Crippen LogP contribution in [-0.4, -0.2) is 73.2 Å². The smallest absolute Gasteiger partial charge is 0.274 e. The molecular formula is C26H34N6O3. The predicted octanol–water partition coefficient (Wildman–Crippen LogP) is 2.14. The van der Waals surface area contributed by atoms with Gasteiger partial charge in [0, 0.05) is 69.2 Å². The Morgan fingerprint density at radius 1 is 1.23 bits per heavy atom. The fraction of sp³-hybridized carbons (Fsp3) is 0.500. The van der Waals surface area contributed by atoms with Crippen molar-refractivity contribution in [2.75, 3.05) is 26.7 Å². The number of piperidine rings is 1. The van der Waals surface area contributed by atoms with Crippen molar-refractivity contribution < 1.29 is 14.6 Å². The van der Waals surface area contributed by atoms with Crippen LogP contribution in [0.15, 0.2) is 30.5 Å². The Kier molecular flexibility index (Phi) is 6.62. The Morgan fingerprint density at radius 2 is 2.09 bits per heavy atom. The first-order valence-corrected chi connectivity index (χ1v) is 12.3. The lowest BCUT2D eigenvalue weighted by Crippen LogP contribution is -2.43. The third-order valence-electron chi connectivity index (χ3n) is 7.07. The standard InChI is InChI=1S/C26H34N6O3/c1-18-20(14-29(2)27-18)15-30-11-9-24-23(17-30)25(26(34)31-10-5-7-21(33)16-31)28-32(24)13-19-6-4-8-22(12-19)35-3/h4,6,8,12,14,21,33H,5,7,9-11,13,15-17H2,1-3H3/t21-/m0/s1. The minimum atomic E-state index is -0.465. The lowest BCUT2D eigenvalue weighted by Gasteiger charge is -2.31. The molecule has 0 radical (unpaired) electrons. The Morgan fingerprint density at radius 3 is 2.83 bits per heavy atom. The minimum absolute atomic E-state index is 0.0798. The van der Waals surface area contributed by atoms with Crippen molar-refractivity contribution in [3.63, 3.8) is 0 Å². The second-order valence-corrected chi connectivity index (χ2v) is 9.70. The highest BCUT2D eigenvalue weighted by molar-refractivity contribution is 5.94. The van der Waals surface area contributed by atoms with Crippen LogP contribution >= 0.6 is 0 Å². The highest BCUT2D eigenvalue weighted by Gasteiger charge is 2.32. The number of likely N-dealkylation sites (tertiary alicyclic amines) is 1. The molecule has 0 unspecified atom stereocenters. The molecule has 1 amide bonds. The summed E-state index contributed by atoms with van der Waals surface area (Å²) in [4.78, 5) is 17.7. The molecule has 35 heavy (non-hydrogen) atoms. The van der Waals surface area contributed by atoms with Gasteiger partial charge in [-0.15, -0.1) is 0 Å². The topological polar surface area (TPSA) is 88.6 Å². The highest BCUT2D eigenvalue weighted by atomic mass is 16.5. The molecule has 9 nitrogen and oxygen atoms in total. The van der Waals surface area contributed by atoms with E-state index in [0.29, 0.717) is 31.9 Å². The number of carbonyl (C=O) groups is 1. The number of aromatic nitrogens is 4. The lowest BCUT2D eigenvalue weighted by molar-refractivity contribution is 0.0466. The molecule has 1 aromatic carbocycles. The Balaban J connectivity index is 1.45. The molecule has 186 valence electrons. The van der Waals surface area contributed by atoms with E-state index in [9.17, 15) is 9.90 Å². The van der Waals surface area contributed by atoms with Crippen LogP contribution in [0, 0.1) is 6.92 Å². The minimum Gasteiger partial charge on any atom is -0.497 e. The summed E-state index contributed by atoms with van der Waals surface area (Å²) in [7, 11) is 3.61. The first-order valence-electron chi connectivity index (χ1n) is 12.3. The van der Waals surface area contributed by atoms with Crippen LogP contribution in [0.5, 0.6) is 5.75 Å². The van der Waals surface area contributed by atoms with Crippen LogP contribution in [0.4, 0.5) is 0 Å². The van der Waals surface area contributed by atoms with E-state index in [1.54, 1.807) is 12.0 Å². The quantitative estimate of drug-likeness (QED) is 0.584. The fourth-order valence-corrected chi connectivity index (χ4v) is 5.26. The number of nitrogens with zero attached hydrogens (tertiary/aromatic N) is 6. The maximum Gasteiger partial charge on any atom is 0.274 e. The van der Waals surface area contributed by atoms with Gasteiger partial charge in [-0.05, 0) is 37.5 Å². The van der Waals surface area contributed by atoms with Crippen LogP contribution in [-0.2, 0) is 33.1 Å². The summed E-state index contributed by atoms with van der Waals surface area (Å²) >= 11 is 0. The number of aliphatic hydroxyl groups is 1. The largest absolute Gasteiger partial charge is 0.497 e. The Bertz CT molecular complexity index is 1220. The van der Waals surface area contributed by atoms with E-state index in [4.69, 9.17) is 9.84 Å². The molecule has 0 spiro atoms. The van der Waals surface area contributed by atoms with E-state index in [2.05, 4.69) is 22.3 Å². The number of rotatable bonds is 6. The summed E-state index contributed by atoms with van der Waals surface area (Å²) in [5.74, 6) is 0.726. The molecule has 1 saturated heterocycles. The van der Waals surface area contributed by atoms with Crippen LogP contribution in [0.25, 0.3) is 0 Å². The molecule has 4 heterocycles. The molecule has 1 atom stereocenters. The molecule has 3 aromatic rings. The molecule has 1 N–H and O–H groups in total. The molecule has 0 saturated carbocycles. The maximum absolute atomic E-state index is 13.6. The zero-order valence-electron chi connectivity index (χ0n) is 20.8. The lowest BCUT2D eigenvalue weighted by atomic mass is 10.0. The van der Waals surface area contributed by atoms with Gasteiger partial charge in [0.05, 0.1) is 25.5 Å². The monoisotopic (exact) mass is 478 g/mol. The first-order chi connectivity index (χ1) is 16.9. The summed E-state index contributed by atoms with van der Waals surface area (Å²) in [5, 5.41) is 19.5. The van der Waals surface area contributed by atoms with Crippen molar-refractivity contribution in [2.24, 2.45) is 7.05 Å². The van der Waals surface area contributed by atoms with Gasteiger partial charge in [-0.3, -0.25) is 19.1 Å². The van der Waals surface area contributed by atoms with Gasteiger partial charge in [0.2, 0.25) is 0 Å². The number of amides is 1. The number of β-amino-alcohol motifs (C(OH)–C–C–N with tert-alkyl or cyclic N) is 1. The van der Waals surface area contributed by atoms with Gasteiger partial charge in [0.1, 0.15) is 5.75 Å². The summed E-state index contributed by atoms with van der Waals surface area (Å²) in [6.45, 7) is 5.99. The molecule has 0 aliphatic carbocycles. The third-order valence-corrected chi connectivity index (χ3v) is 7.07. The van der Waals surface area contributed by atoms with Crippen LogP contribution in [0.2, 0.25) is 0 Å². The first kappa shape index (κ1) is 23.6. The second kappa shape index (κ2) is 9.83. The van der Waals surface area contributed by atoms with E-state index in [0.717, 1.165) is 60.6 Å². The SMILES string of the molecule is COc1cccc(Cn2nc(C(=O)N3CCC[C@H](O)C3)c3c2CCN(Cc2cn(C)nc2C)C3)c1. The number of fused-ring (bicyclic) bond motifs is 1. The fourth-order valence-electron chi connectivity index (χ4n) is 5.26. The van der Waals surface area contributed by atoms with Crippen molar-refractivity contribution >= 4 is 5.91 Å². The van der Waals surface area contributed by atoms with E-state index in [-0.39, 0.29) is 5.91 Å². The van der Waals surface area contributed by atoms with Gasteiger partial charge in [-0.25, -0.2) is 0 Å². The second-order valence-electron chi connectivity index (χ2n) is 9.70. The number of methoxy groups -OCH3 is 1.